The molecule has 0 radical (unpaired) electrons. The molecule has 0 spiro atoms. The van der Waals surface area contributed by atoms with Crippen LogP contribution in [0.1, 0.15) is 54.3 Å². The molecule has 4 nitrogen and oxygen atoms in total. The Labute approximate surface area is 143 Å². The molecule has 0 aliphatic carbocycles. The van der Waals surface area contributed by atoms with Gasteiger partial charge >= 0.3 is 5.97 Å². The summed E-state index contributed by atoms with van der Waals surface area (Å²) in [6.45, 7) is 5.64. The Morgan fingerprint density at radius 1 is 0.833 bits per heavy atom. The summed E-state index contributed by atoms with van der Waals surface area (Å²) in [5, 5.41) is 3.69. The van der Waals surface area contributed by atoms with Crippen LogP contribution < -0.4 is 0 Å². The van der Waals surface area contributed by atoms with Crippen molar-refractivity contribution in [2.24, 2.45) is 5.16 Å². The molecule has 0 bridgehead atoms. The molecule has 24 heavy (non-hydrogen) atoms. The molecule has 126 valence electrons. The van der Waals surface area contributed by atoms with E-state index in [2.05, 4.69) is 5.16 Å². The highest BCUT2D eigenvalue weighted by Crippen LogP contribution is 2.02. The Morgan fingerprint density at radius 2 is 1.33 bits per heavy atom. The monoisotopic (exact) mass is 325 g/mol. The van der Waals surface area contributed by atoms with E-state index < -0.39 is 5.97 Å². The molecule has 0 aliphatic rings. The second-order valence-electron chi connectivity index (χ2n) is 5.07. The fraction of sp³-hybridized carbons (Fsp3) is 0.250. The van der Waals surface area contributed by atoms with Gasteiger partial charge in [-0.25, -0.2) is 4.79 Å². The number of oxime groups is 1. The van der Waals surface area contributed by atoms with E-state index in [9.17, 15) is 9.59 Å². The van der Waals surface area contributed by atoms with Crippen LogP contribution in [0.2, 0.25) is 0 Å². The van der Waals surface area contributed by atoms with E-state index in [4.69, 9.17) is 4.84 Å². The highest BCUT2D eigenvalue weighted by Gasteiger charge is 2.04. The lowest BCUT2D eigenvalue weighted by Gasteiger charge is -1.98. The molecule has 2 aromatic rings. The largest absolute Gasteiger partial charge is 0.365 e. The standard InChI is InChI=1S/C11H13NO2.C9H10O/c1-3-9(2)12-14-11(13)10-7-5-4-6-8-10;1-2-9(10)8-6-4-3-5-7-8/h4-8H,3H2,1-2H3;3-7H,2H2,1H3. The number of Topliss-reactive ketones (excluding diaryl/α,β-unsaturated/α-hetero) is 1. The molecule has 0 aromatic heterocycles. The van der Waals surface area contributed by atoms with E-state index in [0.29, 0.717) is 12.0 Å². The Hall–Kier alpha value is -2.75. The van der Waals surface area contributed by atoms with Crippen molar-refractivity contribution in [3.8, 4) is 0 Å². The number of ketones is 1. The lowest BCUT2D eigenvalue weighted by molar-refractivity contribution is 0.0515. The molecule has 0 saturated carbocycles. The van der Waals surface area contributed by atoms with E-state index in [1.165, 1.54) is 0 Å². The zero-order chi connectivity index (χ0) is 17.8. The van der Waals surface area contributed by atoms with Crippen LogP contribution in [-0.2, 0) is 4.84 Å². The third-order valence-electron chi connectivity index (χ3n) is 3.22. The molecule has 0 unspecified atom stereocenters. The number of benzene rings is 2. The summed E-state index contributed by atoms with van der Waals surface area (Å²) in [6.07, 6.45) is 1.37. The first-order valence-electron chi connectivity index (χ1n) is 7.96. The molecule has 0 fully saturated rings. The van der Waals surface area contributed by atoms with E-state index >= 15 is 0 Å². The van der Waals surface area contributed by atoms with Crippen molar-refractivity contribution in [2.45, 2.75) is 33.6 Å². The van der Waals surface area contributed by atoms with Crippen LogP contribution >= 0.6 is 0 Å². The van der Waals surface area contributed by atoms with Gasteiger partial charge in [-0.15, -0.1) is 0 Å². The topological polar surface area (TPSA) is 55.7 Å². The van der Waals surface area contributed by atoms with Gasteiger partial charge in [0.1, 0.15) is 0 Å². The van der Waals surface area contributed by atoms with Gasteiger partial charge in [0.05, 0.1) is 11.3 Å². The summed E-state index contributed by atoms with van der Waals surface area (Å²) in [6, 6.07) is 18.1. The van der Waals surface area contributed by atoms with Crippen LogP contribution in [0.3, 0.4) is 0 Å². The van der Waals surface area contributed by atoms with Gasteiger partial charge in [-0.1, -0.05) is 67.5 Å². The third-order valence-corrected chi connectivity index (χ3v) is 3.22. The smallest absolute Gasteiger partial charge is 0.313 e. The van der Waals surface area contributed by atoms with Gasteiger partial charge in [-0.2, -0.15) is 0 Å². The zero-order valence-electron chi connectivity index (χ0n) is 14.4. The van der Waals surface area contributed by atoms with Crippen molar-refractivity contribution in [3.63, 3.8) is 0 Å². The first-order valence-corrected chi connectivity index (χ1v) is 7.96. The second-order valence-corrected chi connectivity index (χ2v) is 5.07. The molecule has 2 rings (SSSR count). The number of rotatable bonds is 5. The highest BCUT2D eigenvalue weighted by molar-refractivity contribution is 5.95. The molecule has 0 atom stereocenters. The quantitative estimate of drug-likeness (QED) is 0.340. The first-order chi connectivity index (χ1) is 11.6. The molecule has 2 aromatic carbocycles. The van der Waals surface area contributed by atoms with Crippen LogP contribution in [0.4, 0.5) is 0 Å². The number of nitrogens with zero attached hydrogens (tertiary/aromatic N) is 1. The predicted octanol–water partition coefficient (Wildman–Crippen LogP) is 4.91. The molecule has 0 saturated heterocycles. The molecule has 4 heteroatoms. The minimum absolute atomic E-state index is 0.209. The first kappa shape index (κ1) is 19.3. The zero-order valence-corrected chi connectivity index (χ0v) is 14.4. The Balaban J connectivity index is 0.000000254. The summed E-state index contributed by atoms with van der Waals surface area (Å²) >= 11 is 0. The van der Waals surface area contributed by atoms with Gasteiger partial charge in [0, 0.05) is 12.0 Å². The summed E-state index contributed by atoms with van der Waals surface area (Å²) < 4.78 is 0. The van der Waals surface area contributed by atoms with Gasteiger partial charge in [-0.3, -0.25) is 4.79 Å². The predicted molar refractivity (Wildman–Crippen MR) is 96.3 cm³/mol. The van der Waals surface area contributed by atoms with Gasteiger partial charge in [0.25, 0.3) is 0 Å². The minimum Gasteiger partial charge on any atom is -0.313 e. The molecule has 0 amide bonds. The van der Waals surface area contributed by atoms with E-state index in [1.807, 2.05) is 57.2 Å². The minimum atomic E-state index is -0.418. The van der Waals surface area contributed by atoms with E-state index in [1.54, 1.807) is 24.3 Å². The van der Waals surface area contributed by atoms with E-state index in [-0.39, 0.29) is 5.78 Å². The number of hydrogen-bond acceptors (Lipinski definition) is 4. The van der Waals surface area contributed by atoms with Gasteiger partial charge in [0.15, 0.2) is 5.78 Å². The molecule has 0 N–H and O–H groups in total. The van der Waals surface area contributed by atoms with Crippen molar-refractivity contribution in [2.75, 3.05) is 0 Å². The van der Waals surface area contributed by atoms with Gasteiger partial charge in [-0.05, 0) is 25.5 Å². The van der Waals surface area contributed by atoms with Crippen LogP contribution in [-0.4, -0.2) is 17.5 Å². The van der Waals surface area contributed by atoms with E-state index in [0.717, 1.165) is 17.7 Å². The Bertz CT molecular complexity index is 664. The molecular formula is C20H23NO3. The normalized spacial score (nSPS) is 10.4. The Kier molecular flexibility index (Phi) is 8.76. The fourth-order valence-corrected chi connectivity index (χ4v) is 1.64. The number of carbonyl (C=O) groups excluding carboxylic acids is 2. The third kappa shape index (κ3) is 7.01. The van der Waals surface area contributed by atoms with Crippen molar-refractivity contribution >= 4 is 17.5 Å². The molecular weight excluding hydrogens is 302 g/mol. The van der Waals surface area contributed by atoms with Crippen LogP contribution in [0.5, 0.6) is 0 Å². The van der Waals surface area contributed by atoms with Crippen molar-refractivity contribution in [3.05, 3.63) is 71.8 Å². The SMILES string of the molecule is CCC(=O)c1ccccc1.CCC(C)=NOC(=O)c1ccccc1. The summed E-state index contributed by atoms with van der Waals surface area (Å²) in [7, 11) is 0. The summed E-state index contributed by atoms with van der Waals surface area (Å²) in [5.41, 5.74) is 2.12. The summed E-state index contributed by atoms with van der Waals surface area (Å²) in [4.78, 5) is 27.1. The average molecular weight is 325 g/mol. The fourth-order valence-electron chi connectivity index (χ4n) is 1.64. The van der Waals surface area contributed by atoms with Crippen LogP contribution in [0.15, 0.2) is 65.8 Å². The lowest BCUT2D eigenvalue weighted by Crippen LogP contribution is -2.02. The average Bonchev–Trinajstić information content (AvgIpc) is 2.67. The van der Waals surface area contributed by atoms with Gasteiger partial charge in [0.2, 0.25) is 0 Å². The van der Waals surface area contributed by atoms with Gasteiger partial charge < -0.3 is 4.84 Å². The second kappa shape index (κ2) is 10.9. The lowest BCUT2D eigenvalue weighted by atomic mass is 10.1. The van der Waals surface area contributed by atoms with Crippen LogP contribution in [0, 0.1) is 0 Å². The Morgan fingerprint density at radius 3 is 1.79 bits per heavy atom. The number of hydrogen-bond donors (Lipinski definition) is 0. The molecule has 0 aliphatic heterocycles. The van der Waals surface area contributed by atoms with Crippen molar-refractivity contribution in [1.82, 2.24) is 0 Å². The van der Waals surface area contributed by atoms with Crippen molar-refractivity contribution in [1.29, 1.82) is 0 Å². The number of carbonyl (C=O) groups is 2. The maximum Gasteiger partial charge on any atom is 0.365 e. The maximum absolute atomic E-state index is 11.3. The maximum atomic E-state index is 11.3. The summed E-state index contributed by atoms with van der Waals surface area (Å²) in [5.74, 6) is -0.209. The van der Waals surface area contributed by atoms with Crippen LogP contribution in [0.25, 0.3) is 0 Å². The molecule has 0 heterocycles. The highest BCUT2D eigenvalue weighted by atomic mass is 16.7. The van der Waals surface area contributed by atoms with Crippen molar-refractivity contribution < 1.29 is 14.4 Å².